The van der Waals surface area contributed by atoms with Crippen molar-refractivity contribution < 1.29 is 19.4 Å². The van der Waals surface area contributed by atoms with Crippen molar-refractivity contribution in [3.8, 4) is 5.75 Å². The zero-order chi connectivity index (χ0) is 20.0. The lowest BCUT2D eigenvalue weighted by molar-refractivity contribution is 0.0696. The third-order valence-corrected chi connectivity index (χ3v) is 4.19. The third kappa shape index (κ3) is 5.79. The van der Waals surface area contributed by atoms with Gasteiger partial charge in [-0.1, -0.05) is 13.0 Å². The number of hydrogen-bond acceptors (Lipinski definition) is 4. The number of carbonyl (C=O) groups excluding carboxylic acids is 1. The number of aryl methyl sites for hydroxylation is 1. The van der Waals surface area contributed by atoms with Crippen LogP contribution in [0.3, 0.4) is 0 Å². The Morgan fingerprint density at radius 1 is 1.15 bits per heavy atom. The third-order valence-electron chi connectivity index (χ3n) is 3.99. The van der Waals surface area contributed by atoms with Crippen molar-refractivity contribution in [1.82, 2.24) is 5.32 Å². The van der Waals surface area contributed by atoms with Gasteiger partial charge in [-0.3, -0.25) is 10.1 Å². The average molecular weight is 386 g/mol. The van der Waals surface area contributed by atoms with Gasteiger partial charge in [0, 0.05) is 11.3 Å². The second-order valence-electron chi connectivity index (χ2n) is 6.10. The Balaban J connectivity index is 2.00. The van der Waals surface area contributed by atoms with E-state index in [9.17, 15) is 9.59 Å². The van der Waals surface area contributed by atoms with Crippen LogP contribution in [-0.2, 0) is 0 Å². The Bertz CT molecular complexity index is 850. The number of carboxylic acid groups (broad SMARTS) is 1. The second-order valence-corrected chi connectivity index (χ2v) is 6.51. The molecule has 6 nitrogen and oxygen atoms in total. The first-order chi connectivity index (χ1) is 12.8. The molecule has 7 heteroatoms. The van der Waals surface area contributed by atoms with E-state index >= 15 is 0 Å². The van der Waals surface area contributed by atoms with Crippen LogP contribution in [0.4, 0.5) is 5.69 Å². The fraction of sp³-hybridized carbons (Fsp3) is 0.250. The summed E-state index contributed by atoms with van der Waals surface area (Å²) >= 11 is 5.16. The predicted molar refractivity (Wildman–Crippen MR) is 109 cm³/mol. The lowest BCUT2D eigenvalue weighted by Gasteiger charge is -2.14. The molecule has 1 atom stereocenters. The Morgan fingerprint density at radius 3 is 2.37 bits per heavy atom. The van der Waals surface area contributed by atoms with Crippen molar-refractivity contribution in [1.29, 1.82) is 0 Å². The first-order valence-corrected chi connectivity index (χ1v) is 8.94. The highest BCUT2D eigenvalue weighted by Gasteiger charge is 2.11. The maximum absolute atomic E-state index is 12.3. The molecule has 0 unspecified atom stereocenters. The molecule has 0 radical (unpaired) electrons. The molecule has 0 aliphatic rings. The number of carbonyl (C=O) groups is 2. The Kier molecular flexibility index (Phi) is 6.90. The summed E-state index contributed by atoms with van der Waals surface area (Å²) in [5, 5.41) is 14.6. The summed E-state index contributed by atoms with van der Waals surface area (Å²) in [6.07, 6.45) is 0.997. The number of aromatic carboxylic acids is 1. The fourth-order valence-electron chi connectivity index (χ4n) is 2.22. The Labute approximate surface area is 163 Å². The molecular formula is C20H22N2O4S. The zero-order valence-corrected chi connectivity index (χ0v) is 16.2. The molecule has 0 aliphatic heterocycles. The van der Waals surface area contributed by atoms with Crippen molar-refractivity contribution in [2.24, 2.45) is 0 Å². The van der Waals surface area contributed by atoms with Crippen LogP contribution < -0.4 is 15.4 Å². The van der Waals surface area contributed by atoms with E-state index in [1.807, 2.05) is 20.8 Å². The largest absolute Gasteiger partial charge is 0.491 e. The van der Waals surface area contributed by atoms with Gasteiger partial charge >= 0.3 is 5.97 Å². The molecule has 0 saturated heterocycles. The minimum Gasteiger partial charge on any atom is -0.491 e. The summed E-state index contributed by atoms with van der Waals surface area (Å²) in [6.45, 7) is 5.83. The molecule has 0 aromatic heterocycles. The summed E-state index contributed by atoms with van der Waals surface area (Å²) in [5.41, 5.74) is 1.90. The van der Waals surface area contributed by atoms with E-state index in [2.05, 4.69) is 10.6 Å². The van der Waals surface area contributed by atoms with Crippen molar-refractivity contribution in [2.75, 3.05) is 5.32 Å². The fourth-order valence-corrected chi connectivity index (χ4v) is 2.42. The van der Waals surface area contributed by atoms with Crippen molar-refractivity contribution >= 4 is 34.9 Å². The maximum atomic E-state index is 12.3. The Hall–Kier alpha value is -2.93. The van der Waals surface area contributed by atoms with Crippen molar-refractivity contribution in [3.63, 3.8) is 0 Å². The predicted octanol–water partition coefficient (Wildman–Crippen LogP) is 4.00. The summed E-state index contributed by atoms with van der Waals surface area (Å²) in [5.74, 6) is -0.704. The van der Waals surface area contributed by atoms with Crippen LogP contribution in [0.5, 0.6) is 5.75 Å². The summed E-state index contributed by atoms with van der Waals surface area (Å²) in [6, 6.07) is 11.4. The normalized spacial score (nSPS) is 11.4. The number of rotatable bonds is 6. The number of thiocarbonyl (C=S) groups is 1. The molecule has 27 heavy (non-hydrogen) atoms. The van der Waals surface area contributed by atoms with Gasteiger partial charge in [0.1, 0.15) is 5.75 Å². The SMILES string of the molecule is CC[C@@H](C)Oc1ccc(C(=O)NC(=S)Nc2cc(C(=O)O)ccc2C)cc1. The van der Waals surface area contributed by atoms with E-state index < -0.39 is 5.97 Å². The highest BCUT2D eigenvalue weighted by molar-refractivity contribution is 7.80. The first-order valence-electron chi connectivity index (χ1n) is 8.53. The van der Waals surface area contributed by atoms with Gasteiger partial charge in [-0.25, -0.2) is 4.79 Å². The van der Waals surface area contributed by atoms with Gasteiger partial charge in [-0.15, -0.1) is 0 Å². The van der Waals surface area contributed by atoms with E-state index in [-0.39, 0.29) is 22.7 Å². The minimum atomic E-state index is -1.03. The highest BCUT2D eigenvalue weighted by atomic mass is 32.1. The van der Waals surface area contributed by atoms with Gasteiger partial charge in [0.25, 0.3) is 5.91 Å². The van der Waals surface area contributed by atoms with Crippen LogP contribution in [0, 0.1) is 6.92 Å². The molecule has 2 aromatic rings. The average Bonchev–Trinajstić information content (AvgIpc) is 2.63. The molecule has 0 fully saturated rings. The number of anilines is 1. The van der Waals surface area contributed by atoms with Gasteiger partial charge in [-0.05, 0) is 74.4 Å². The molecule has 2 rings (SSSR count). The molecule has 2 aromatic carbocycles. The number of benzene rings is 2. The molecular weight excluding hydrogens is 364 g/mol. The van der Waals surface area contributed by atoms with Crippen LogP contribution in [0.25, 0.3) is 0 Å². The first kappa shape index (κ1) is 20.4. The van der Waals surface area contributed by atoms with Gasteiger partial charge in [0.15, 0.2) is 5.11 Å². The van der Waals surface area contributed by atoms with Crippen LogP contribution in [0.2, 0.25) is 0 Å². The topological polar surface area (TPSA) is 87.7 Å². The summed E-state index contributed by atoms with van der Waals surface area (Å²) in [4.78, 5) is 23.4. The quantitative estimate of drug-likeness (QED) is 0.651. The molecule has 0 bridgehead atoms. The molecule has 0 aliphatic carbocycles. The number of hydrogen-bond donors (Lipinski definition) is 3. The lowest BCUT2D eigenvalue weighted by Crippen LogP contribution is -2.34. The van der Waals surface area contributed by atoms with E-state index in [0.29, 0.717) is 17.0 Å². The van der Waals surface area contributed by atoms with E-state index in [4.69, 9.17) is 22.1 Å². The standard InChI is InChI=1S/C20H22N2O4S/c1-4-13(3)26-16-9-7-14(8-10-16)18(23)22-20(27)21-17-11-15(19(24)25)6-5-12(17)2/h5-11,13H,4H2,1-3H3,(H,24,25)(H2,21,22,23,27)/t13-/m1/s1. The number of amides is 1. The van der Waals surface area contributed by atoms with Crippen LogP contribution in [0.1, 0.15) is 46.5 Å². The van der Waals surface area contributed by atoms with E-state index in [1.165, 1.54) is 12.1 Å². The lowest BCUT2D eigenvalue weighted by atomic mass is 10.1. The molecule has 0 saturated carbocycles. The van der Waals surface area contributed by atoms with Crippen molar-refractivity contribution in [2.45, 2.75) is 33.3 Å². The smallest absolute Gasteiger partial charge is 0.335 e. The summed E-state index contributed by atoms with van der Waals surface area (Å²) in [7, 11) is 0. The van der Waals surface area contributed by atoms with E-state index in [0.717, 1.165) is 12.0 Å². The van der Waals surface area contributed by atoms with Crippen LogP contribution >= 0.6 is 12.2 Å². The number of nitrogens with one attached hydrogen (secondary N) is 2. The Morgan fingerprint density at radius 2 is 1.78 bits per heavy atom. The van der Waals surface area contributed by atoms with Crippen molar-refractivity contribution in [3.05, 3.63) is 59.2 Å². The molecule has 1 amide bonds. The van der Waals surface area contributed by atoms with Gasteiger partial charge in [-0.2, -0.15) is 0 Å². The van der Waals surface area contributed by atoms with E-state index in [1.54, 1.807) is 30.3 Å². The zero-order valence-electron chi connectivity index (χ0n) is 15.4. The van der Waals surface area contributed by atoms with Crippen LogP contribution in [-0.4, -0.2) is 28.2 Å². The minimum absolute atomic E-state index is 0.0885. The van der Waals surface area contributed by atoms with Gasteiger partial charge < -0.3 is 15.2 Å². The van der Waals surface area contributed by atoms with Gasteiger partial charge in [0.05, 0.1) is 11.7 Å². The highest BCUT2D eigenvalue weighted by Crippen LogP contribution is 2.17. The molecule has 0 spiro atoms. The maximum Gasteiger partial charge on any atom is 0.335 e. The molecule has 0 heterocycles. The molecule has 3 N–H and O–H groups in total. The second kappa shape index (κ2) is 9.14. The van der Waals surface area contributed by atoms with Gasteiger partial charge in [0.2, 0.25) is 0 Å². The monoisotopic (exact) mass is 386 g/mol. The summed E-state index contributed by atoms with van der Waals surface area (Å²) < 4.78 is 5.68. The number of ether oxygens (including phenoxy) is 1. The molecule has 142 valence electrons. The number of carboxylic acids is 1. The van der Waals surface area contributed by atoms with Crippen LogP contribution in [0.15, 0.2) is 42.5 Å².